The Balaban J connectivity index is 2.21. The number of nitrogens with one attached hydrogen (secondary N) is 1. The Labute approximate surface area is 109 Å². The van der Waals surface area contributed by atoms with E-state index in [1.165, 1.54) is 0 Å². The Hall–Kier alpha value is -1.61. The van der Waals surface area contributed by atoms with Crippen molar-refractivity contribution in [1.29, 1.82) is 0 Å². The van der Waals surface area contributed by atoms with Crippen molar-refractivity contribution in [3.05, 3.63) is 48.6 Å². The average molecular weight is 247 g/mol. The fraction of sp³-hybridized carbons (Fsp3) is 0.400. The summed E-state index contributed by atoms with van der Waals surface area (Å²) in [5.74, 6) is -0.288. The molecule has 3 heteroatoms. The smallest absolute Gasteiger partial charge is 0.310 e. The lowest BCUT2D eigenvalue weighted by atomic mass is 10.2. The molecule has 0 amide bonds. The summed E-state index contributed by atoms with van der Waals surface area (Å²) in [6.45, 7) is 7.34. The van der Waals surface area contributed by atoms with Crippen molar-refractivity contribution < 1.29 is 9.53 Å². The van der Waals surface area contributed by atoms with E-state index in [0.717, 1.165) is 18.5 Å². The number of carbonyl (C=O) groups is 1. The predicted molar refractivity (Wildman–Crippen MR) is 73.1 cm³/mol. The first-order valence-electron chi connectivity index (χ1n) is 6.26. The third-order valence-electron chi connectivity index (χ3n) is 2.60. The van der Waals surface area contributed by atoms with Crippen LogP contribution in [-0.2, 0) is 16.1 Å². The zero-order valence-corrected chi connectivity index (χ0v) is 10.9. The van der Waals surface area contributed by atoms with Gasteiger partial charge in [-0.2, -0.15) is 0 Å². The molecule has 0 saturated heterocycles. The summed E-state index contributed by atoms with van der Waals surface area (Å²) in [6.07, 6.45) is 2.76. The van der Waals surface area contributed by atoms with Gasteiger partial charge in [-0.25, -0.2) is 0 Å². The molecule has 0 heterocycles. The minimum absolute atomic E-state index is 0.126. The molecule has 0 spiro atoms. The third-order valence-corrected chi connectivity index (χ3v) is 2.60. The van der Waals surface area contributed by atoms with Crippen LogP contribution in [0.5, 0.6) is 0 Å². The molecule has 0 radical (unpaired) electrons. The van der Waals surface area contributed by atoms with E-state index in [4.69, 9.17) is 4.74 Å². The third kappa shape index (κ3) is 5.64. The van der Waals surface area contributed by atoms with E-state index in [0.29, 0.717) is 13.2 Å². The highest BCUT2D eigenvalue weighted by Crippen LogP contribution is 2.04. The standard InChI is InChI=1S/C15H21NO2/c1-3-4-10-16-11-13(2)15(17)18-12-14-8-6-5-7-9-14/h3,5-9,13,16H,1,4,10-12H2,2H3. The molecule has 3 nitrogen and oxygen atoms in total. The second kappa shape index (κ2) is 8.48. The molecule has 1 N–H and O–H groups in total. The summed E-state index contributed by atoms with van der Waals surface area (Å²) >= 11 is 0. The molecule has 0 aliphatic carbocycles. The van der Waals surface area contributed by atoms with Gasteiger partial charge in [-0.1, -0.05) is 43.3 Å². The summed E-state index contributed by atoms with van der Waals surface area (Å²) in [6, 6.07) is 9.70. The van der Waals surface area contributed by atoms with Gasteiger partial charge in [0.1, 0.15) is 6.61 Å². The maximum Gasteiger partial charge on any atom is 0.310 e. The number of hydrogen-bond acceptors (Lipinski definition) is 3. The van der Waals surface area contributed by atoms with Crippen molar-refractivity contribution in [1.82, 2.24) is 5.32 Å². The number of benzene rings is 1. The molecule has 0 aliphatic rings. The molecule has 0 fully saturated rings. The van der Waals surface area contributed by atoms with Crippen molar-refractivity contribution in [3.8, 4) is 0 Å². The lowest BCUT2D eigenvalue weighted by Gasteiger charge is -2.12. The maximum absolute atomic E-state index is 11.7. The fourth-order valence-corrected chi connectivity index (χ4v) is 1.48. The van der Waals surface area contributed by atoms with Crippen LogP contribution in [0, 0.1) is 5.92 Å². The number of esters is 1. The topological polar surface area (TPSA) is 38.3 Å². The molecular weight excluding hydrogens is 226 g/mol. The first-order valence-corrected chi connectivity index (χ1v) is 6.26. The van der Waals surface area contributed by atoms with Crippen LogP contribution in [0.1, 0.15) is 18.9 Å². The van der Waals surface area contributed by atoms with Crippen LogP contribution in [0.2, 0.25) is 0 Å². The highest BCUT2D eigenvalue weighted by Gasteiger charge is 2.13. The normalized spacial score (nSPS) is 11.8. The Kier molecular flexibility index (Phi) is 6.81. The van der Waals surface area contributed by atoms with Gasteiger partial charge in [-0.05, 0) is 18.5 Å². The summed E-state index contributed by atoms with van der Waals surface area (Å²) < 4.78 is 5.25. The second-order valence-electron chi connectivity index (χ2n) is 4.28. The highest BCUT2D eigenvalue weighted by molar-refractivity contribution is 5.72. The Morgan fingerprint density at radius 1 is 1.44 bits per heavy atom. The van der Waals surface area contributed by atoms with Crippen molar-refractivity contribution in [2.24, 2.45) is 5.92 Å². The molecule has 0 saturated carbocycles. The minimum Gasteiger partial charge on any atom is -0.461 e. The van der Waals surface area contributed by atoms with Gasteiger partial charge in [-0.15, -0.1) is 6.58 Å². The van der Waals surface area contributed by atoms with Crippen LogP contribution in [-0.4, -0.2) is 19.1 Å². The quantitative estimate of drug-likeness (QED) is 0.436. The molecule has 98 valence electrons. The maximum atomic E-state index is 11.7. The molecule has 1 unspecified atom stereocenters. The van der Waals surface area contributed by atoms with E-state index in [1.807, 2.05) is 43.3 Å². The summed E-state index contributed by atoms with van der Waals surface area (Å²) in [4.78, 5) is 11.7. The van der Waals surface area contributed by atoms with Crippen molar-refractivity contribution in [2.75, 3.05) is 13.1 Å². The molecule has 0 aliphatic heterocycles. The van der Waals surface area contributed by atoms with Crippen LogP contribution in [0.25, 0.3) is 0 Å². The van der Waals surface area contributed by atoms with E-state index in [-0.39, 0.29) is 11.9 Å². The highest BCUT2D eigenvalue weighted by atomic mass is 16.5. The van der Waals surface area contributed by atoms with Crippen LogP contribution in [0.15, 0.2) is 43.0 Å². The zero-order chi connectivity index (χ0) is 13.2. The second-order valence-corrected chi connectivity index (χ2v) is 4.28. The number of ether oxygens (including phenoxy) is 1. The molecule has 1 aromatic rings. The van der Waals surface area contributed by atoms with Crippen molar-refractivity contribution in [3.63, 3.8) is 0 Å². The largest absolute Gasteiger partial charge is 0.461 e. The lowest BCUT2D eigenvalue weighted by molar-refractivity contribution is -0.149. The van der Waals surface area contributed by atoms with Gasteiger partial charge in [-0.3, -0.25) is 4.79 Å². The number of hydrogen-bond donors (Lipinski definition) is 1. The molecule has 1 aromatic carbocycles. The Bertz CT molecular complexity index is 362. The van der Waals surface area contributed by atoms with E-state index in [1.54, 1.807) is 0 Å². The van der Waals surface area contributed by atoms with E-state index in [9.17, 15) is 4.79 Å². The van der Waals surface area contributed by atoms with E-state index in [2.05, 4.69) is 11.9 Å². The first kappa shape index (κ1) is 14.5. The summed E-state index contributed by atoms with van der Waals surface area (Å²) in [5.41, 5.74) is 1.01. The predicted octanol–water partition coefficient (Wildman–Crippen LogP) is 2.53. The fourth-order valence-electron chi connectivity index (χ4n) is 1.48. The van der Waals surface area contributed by atoms with Gasteiger partial charge in [0, 0.05) is 6.54 Å². The van der Waals surface area contributed by atoms with Crippen LogP contribution < -0.4 is 5.32 Å². The van der Waals surface area contributed by atoms with Gasteiger partial charge in [0.05, 0.1) is 5.92 Å². The molecule has 1 atom stereocenters. The van der Waals surface area contributed by atoms with Gasteiger partial charge in [0.2, 0.25) is 0 Å². The van der Waals surface area contributed by atoms with E-state index >= 15 is 0 Å². The Morgan fingerprint density at radius 2 is 2.17 bits per heavy atom. The first-order chi connectivity index (χ1) is 8.74. The van der Waals surface area contributed by atoms with Crippen LogP contribution in [0.3, 0.4) is 0 Å². The van der Waals surface area contributed by atoms with Crippen molar-refractivity contribution >= 4 is 5.97 Å². The number of rotatable bonds is 8. The SMILES string of the molecule is C=CCCNCC(C)C(=O)OCc1ccccc1. The van der Waals surface area contributed by atoms with Crippen LogP contribution in [0.4, 0.5) is 0 Å². The van der Waals surface area contributed by atoms with Gasteiger partial charge >= 0.3 is 5.97 Å². The van der Waals surface area contributed by atoms with Crippen molar-refractivity contribution in [2.45, 2.75) is 20.0 Å². The monoisotopic (exact) mass is 247 g/mol. The molecule has 0 bridgehead atoms. The lowest BCUT2D eigenvalue weighted by Crippen LogP contribution is -2.28. The van der Waals surface area contributed by atoms with E-state index < -0.39 is 0 Å². The Morgan fingerprint density at radius 3 is 2.83 bits per heavy atom. The summed E-state index contributed by atoms with van der Waals surface area (Å²) in [5, 5.41) is 3.19. The molecule has 1 rings (SSSR count). The minimum atomic E-state index is -0.162. The van der Waals surface area contributed by atoms with Gasteiger partial charge < -0.3 is 10.1 Å². The van der Waals surface area contributed by atoms with Gasteiger partial charge in [0.25, 0.3) is 0 Å². The average Bonchev–Trinajstić information content (AvgIpc) is 2.42. The molecule has 0 aromatic heterocycles. The zero-order valence-electron chi connectivity index (χ0n) is 10.9. The van der Waals surface area contributed by atoms with Gasteiger partial charge in [0.15, 0.2) is 0 Å². The summed E-state index contributed by atoms with van der Waals surface area (Å²) in [7, 11) is 0. The molecule has 18 heavy (non-hydrogen) atoms. The number of carbonyl (C=O) groups excluding carboxylic acids is 1. The van der Waals surface area contributed by atoms with Crippen LogP contribution >= 0.6 is 0 Å². The molecular formula is C15H21NO2.